The minimum Gasteiger partial charge on any atom is -0.412 e. The molecule has 0 aliphatic rings. The van der Waals surface area contributed by atoms with Crippen LogP contribution in [0.25, 0.3) is 0 Å². The fourth-order valence-corrected chi connectivity index (χ4v) is 4.71. The Morgan fingerprint density at radius 1 is 0.619 bits per heavy atom. The normalized spacial score (nSPS) is 11.4. The van der Waals surface area contributed by atoms with E-state index in [0.29, 0.717) is 0 Å². The van der Waals surface area contributed by atoms with Crippen molar-refractivity contribution in [2.75, 3.05) is 28.4 Å². The van der Waals surface area contributed by atoms with Crippen LogP contribution in [-0.2, 0) is 17.7 Å². The Kier molecular flexibility index (Phi) is 18.9. The lowest BCUT2D eigenvalue weighted by Crippen LogP contribution is -2.35. The van der Waals surface area contributed by atoms with Crippen molar-refractivity contribution >= 4 is 17.1 Å². The summed E-state index contributed by atoms with van der Waals surface area (Å²) in [6.07, 6.45) is 4.86. The molecule has 0 heterocycles. The van der Waals surface area contributed by atoms with E-state index in [4.69, 9.17) is 17.7 Å². The van der Waals surface area contributed by atoms with E-state index in [0.717, 1.165) is 12.1 Å². The highest BCUT2D eigenvalue weighted by Gasteiger charge is 2.27. The van der Waals surface area contributed by atoms with Gasteiger partial charge >= 0.3 is 17.1 Å². The molecular formula is C14H38O5Si2. The van der Waals surface area contributed by atoms with E-state index >= 15 is 0 Å². The lowest BCUT2D eigenvalue weighted by Gasteiger charge is -2.21. The minimum absolute atomic E-state index is 0. The molecule has 0 radical (unpaired) electrons. The van der Waals surface area contributed by atoms with Gasteiger partial charge in [0.1, 0.15) is 0 Å². The summed E-state index contributed by atoms with van der Waals surface area (Å²) in [7, 11) is 3.53. The van der Waals surface area contributed by atoms with Gasteiger partial charge in [0.2, 0.25) is 0 Å². The molecule has 7 heteroatoms. The molecule has 0 aromatic carbocycles. The second-order valence-corrected chi connectivity index (χ2v) is 12.5. The van der Waals surface area contributed by atoms with Crippen molar-refractivity contribution in [1.29, 1.82) is 0 Å². The summed E-state index contributed by atoms with van der Waals surface area (Å²) >= 11 is 0. The van der Waals surface area contributed by atoms with Crippen LogP contribution in [0.2, 0.25) is 25.2 Å². The topological polar surface area (TPSA) is 68.4 Å². The molecule has 21 heavy (non-hydrogen) atoms. The Morgan fingerprint density at radius 3 is 1.00 bits per heavy atom. The summed E-state index contributed by atoms with van der Waals surface area (Å²) in [4.78, 5) is 0. The molecule has 0 aromatic rings. The van der Waals surface area contributed by atoms with Crippen molar-refractivity contribution in [3.8, 4) is 0 Å². The molecule has 0 aliphatic carbocycles. The van der Waals surface area contributed by atoms with Crippen LogP contribution < -0.4 is 0 Å². The van der Waals surface area contributed by atoms with E-state index in [2.05, 4.69) is 26.9 Å². The van der Waals surface area contributed by atoms with Crippen molar-refractivity contribution in [2.24, 2.45) is 0 Å². The molecule has 0 bridgehead atoms. The zero-order chi connectivity index (χ0) is 16.1. The van der Waals surface area contributed by atoms with Crippen molar-refractivity contribution in [3.63, 3.8) is 0 Å². The summed E-state index contributed by atoms with van der Waals surface area (Å²) in [6.45, 7) is 8.56. The quantitative estimate of drug-likeness (QED) is 0.570. The maximum absolute atomic E-state index is 5.31. The molecule has 0 saturated heterocycles. The first kappa shape index (κ1) is 26.1. The molecular weight excluding hydrogens is 304 g/mol. The Hall–Kier alpha value is 0.234. The predicted octanol–water partition coefficient (Wildman–Crippen LogP) is 3.48. The van der Waals surface area contributed by atoms with Crippen LogP contribution in [0.3, 0.4) is 0 Å². The van der Waals surface area contributed by atoms with Crippen LogP contribution in [0.1, 0.15) is 39.5 Å². The highest BCUT2D eigenvalue weighted by molar-refractivity contribution is 6.66. The Labute approximate surface area is 134 Å². The second-order valence-electron chi connectivity index (χ2n) is 5.29. The Bertz CT molecular complexity index is 188. The van der Waals surface area contributed by atoms with Gasteiger partial charge in [0, 0.05) is 28.4 Å². The van der Waals surface area contributed by atoms with Crippen LogP contribution in [0, 0.1) is 0 Å². The number of rotatable bonds is 10. The monoisotopic (exact) mass is 342 g/mol. The van der Waals surface area contributed by atoms with E-state index in [1.807, 2.05) is 0 Å². The maximum atomic E-state index is 5.31. The van der Waals surface area contributed by atoms with E-state index in [9.17, 15) is 0 Å². The van der Waals surface area contributed by atoms with E-state index < -0.39 is 17.1 Å². The maximum Gasteiger partial charge on any atom is 0.334 e. The molecule has 5 nitrogen and oxygen atoms in total. The molecule has 0 fully saturated rings. The lowest BCUT2D eigenvalue weighted by atomic mass is 10.4. The average molecular weight is 343 g/mol. The largest absolute Gasteiger partial charge is 0.412 e. The molecule has 0 atom stereocenters. The third-order valence-electron chi connectivity index (χ3n) is 3.70. The highest BCUT2D eigenvalue weighted by atomic mass is 28.4. The first-order chi connectivity index (χ1) is 9.36. The number of hydrogen-bond donors (Lipinski definition) is 0. The zero-order valence-corrected chi connectivity index (χ0v) is 17.4. The third-order valence-corrected chi connectivity index (χ3v) is 9.67. The number of unbranched alkanes of at least 4 members (excludes halogenated alkanes) is 2. The fraction of sp³-hybridized carbons (Fsp3) is 1.00. The summed E-state index contributed by atoms with van der Waals surface area (Å²) in [5.74, 6) is 0. The summed E-state index contributed by atoms with van der Waals surface area (Å²) in [5.41, 5.74) is 0. The van der Waals surface area contributed by atoms with E-state index in [1.54, 1.807) is 28.4 Å². The Morgan fingerprint density at radius 2 is 0.857 bits per heavy atom. The second kappa shape index (κ2) is 15.1. The van der Waals surface area contributed by atoms with Crippen LogP contribution in [-0.4, -0.2) is 51.0 Å². The van der Waals surface area contributed by atoms with Crippen LogP contribution in [0.4, 0.5) is 0 Å². The van der Waals surface area contributed by atoms with Crippen LogP contribution in [0.15, 0.2) is 0 Å². The van der Waals surface area contributed by atoms with Crippen molar-refractivity contribution in [1.82, 2.24) is 0 Å². The molecule has 0 spiro atoms. The van der Waals surface area contributed by atoms with Gasteiger partial charge in [-0.15, -0.1) is 0 Å². The van der Waals surface area contributed by atoms with Crippen molar-refractivity contribution in [3.05, 3.63) is 0 Å². The molecule has 0 amide bonds. The smallest absolute Gasteiger partial charge is 0.334 e. The standard InChI is InChI=1S/2C7H18O2Si.H2O/c2*1-5-6-7-10(4,8-2)9-3;/h2*5-7H2,1-4H3;1H2. The summed E-state index contributed by atoms with van der Waals surface area (Å²) < 4.78 is 21.2. The van der Waals surface area contributed by atoms with Gasteiger partial charge in [0.05, 0.1) is 0 Å². The first-order valence-corrected chi connectivity index (χ1v) is 12.6. The van der Waals surface area contributed by atoms with Gasteiger partial charge in [0.15, 0.2) is 0 Å². The Balaban J connectivity index is -0.000000295. The van der Waals surface area contributed by atoms with Crippen LogP contribution in [0.5, 0.6) is 0 Å². The van der Waals surface area contributed by atoms with Crippen molar-refractivity contribution in [2.45, 2.75) is 64.7 Å². The predicted molar refractivity (Wildman–Crippen MR) is 94.3 cm³/mol. The third kappa shape index (κ3) is 13.6. The van der Waals surface area contributed by atoms with Gasteiger partial charge in [-0.3, -0.25) is 0 Å². The highest BCUT2D eigenvalue weighted by Crippen LogP contribution is 2.15. The zero-order valence-electron chi connectivity index (χ0n) is 15.4. The molecule has 2 N–H and O–H groups in total. The van der Waals surface area contributed by atoms with Crippen LogP contribution >= 0.6 is 0 Å². The van der Waals surface area contributed by atoms with Gasteiger partial charge in [-0.2, -0.15) is 0 Å². The van der Waals surface area contributed by atoms with E-state index in [-0.39, 0.29) is 5.48 Å². The molecule has 0 unspecified atom stereocenters. The van der Waals surface area contributed by atoms with Gasteiger partial charge in [-0.25, -0.2) is 0 Å². The summed E-state index contributed by atoms with van der Waals surface area (Å²) in [5, 5.41) is 0. The van der Waals surface area contributed by atoms with Crippen molar-refractivity contribution < 1.29 is 23.2 Å². The SMILES string of the molecule is CCCC[Si](C)(OC)OC.CCCC[Si](C)(OC)OC.O. The average Bonchev–Trinajstić information content (AvgIpc) is 2.50. The molecule has 0 aromatic heterocycles. The minimum atomic E-state index is -1.72. The van der Waals surface area contributed by atoms with Gasteiger partial charge < -0.3 is 23.2 Å². The first-order valence-electron chi connectivity index (χ1n) is 7.57. The van der Waals surface area contributed by atoms with Gasteiger partial charge in [-0.05, 0) is 25.2 Å². The lowest BCUT2D eigenvalue weighted by molar-refractivity contribution is 0.248. The molecule has 0 saturated carbocycles. The summed E-state index contributed by atoms with van der Waals surface area (Å²) in [6, 6.07) is 2.22. The van der Waals surface area contributed by atoms with Gasteiger partial charge in [0.25, 0.3) is 0 Å². The fourth-order valence-electron chi connectivity index (χ4n) is 1.57. The van der Waals surface area contributed by atoms with Gasteiger partial charge in [-0.1, -0.05) is 39.5 Å². The van der Waals surface area contributed by atoms with E-state index in [1.165, 1.54) is 25.7 Å². The number of hydrogen-bond acceptors (Lipinski definition) is 4. The molecule has 0 aliphatic heterocycles. The molecule has 0 rings (SSSR count). The molecule has 132 valence electrons.